The Bertz CT molecular complexity index is 964. The van der Waals surface area contributed by atoms with Gasteiger partial charge in [-0.3, -0.25) is 9.59 Å². The topological polar surface area (TPSA) is 70.2 Å². The molecule has 0 bridgehead atoms. The lowest BCUT2D eigenvalue weighted by atomic mass is 10.1. The van der Waals surface area contributed by atoms with Crippen LogP contribution in [0.3, 0.4) is 0 Å². The second kappa shape index (κ2) is 8.86. The van der Waals surface area contributed by atoms with Crippen molar-refractivity contribution in [1.82, 2.24) is 0 Å². The Morgan fingerprint density at radius 2 is 1.36 bits per heavy atom. The minimum atomic E-state index is -0.122. The van der Waals surface area contributed by atoms with E-state index in [9.17, 15) is 9.59 Å². The second-order valence-electron chi connectivity index (χ2n) is 6.64. The Kier molecular flexibility index (Phi) is 6.07. The van der Waals surface area contributed by atoms with Crippen LogP contribution in [0.1, 0.15) is 18.1 Å². The average molecular weight is 373 g/mol. The van der Waals surface area contributed by atoms with Crippen LogP contribution in [0.4, 0.5) is 22.7 Å². The van der Waals surface area contributed by atoms with Gasteiger partial charge in [0.1, 0.15) is 0 Å². The van der Waals surface area contributed by atoms with E-state index >= 15 is 0 Å². The van der Waals surface area contributed by atoms with Crippen molar-refractivity contribution in [2.45, 2.75) is 20.3 Å². The van der Waals surface area contributed by atoms with Crippen molar-refractivity contribution in [3.05, 3.63) is 83.9 Å². The number of benzene rings is 3. The number of para-hydroxylation sites is 2. The third-order valence-corrected chi connectivity index (χ3v) is 4.17. The van der Waals surface area contributed by atoms with Crippen LogP contribution in [-0.2, 0) is 16.0 Å². The molecule has 0 saturated heterocycles. The van der Waals surface area contributed by atoms with Crippen LogP contribution in [0.5, 0.6) is 0 Å². The Balaban J connectivity index is 1.65. The predicted octanol–water partition coefficient (Wildman–Crippen LogP) is 4.88. The summed E-state index contributed by atoms with van der Waals surface area (Å²) in [6, 6.07) is 22.9. The first-order valence-corrected chi connectivity index (χ1v) is 9.09. The van der Waals surface area contributed by atoms with Gasteiger partial charge in [0.15, 0.2) is 0 Å². The molecule has 0 aliphatic heterocycles. The summed E-state index contributed by atoms with van der Waals surface area (Å²) < 4.78 is 0. The van der Waals surface area contributed by atoms with Crippen LogP contribution in [0.15, 0.2) is 72.8 Å². The van der Waals surface area contributed by atoms with E-state index in [0.29, 0.717) is 5.69 Å². The zero-order chi connectivity index (χ0) is 19.9. The lowest BCUT2D eigenvalue weighted by molar-refractivity contribution is -0.116. The molecule has 28 heavy (non-hydrogen) atoms. The molecule has 0 radical (unpaired) electrons. The maximum Gasteiger partial charge on any atom is 0.228 e. The minimum Gasteiger partial charge on any atom is -0.354 e. The van der Waals surface area contributed by atoms with Crippen LogP contribution < -0.4 is 16.0 Å². The highest BCUT2D eigenvalue weighted by molar-refractivity contribution is 5.96. The largest absolute Gasteiger partial charge is 0.354 e. The van der Waals surface area contributed by atoms with Gasteiger partial charge in [0.25, 0.3) is 0 Å². The van der Waals surface area contributed by atoms with Crippen LogP contribution >= 0.6 is 0 Å². The molecule has 5 nitrogen and oxygen atoms in total. The number of amides is 2. The first kappa shape index (κ1) is 19.2. The maximum absolute atomic E-state index is 12.5. The molecule has 5 heteroatoms. The third-order valence-electron chi connectivity index (χ3n) is 4.17. The number of carbonyl (C=O) groups excluding carboxylic acids is 2. The molecule has 0 aromatic heterocycles. The summed E-state index contributed by atoms with van der Waals surface area (Å²) in [6.07, 6.45) is 0.249. The summed E-state index contributed by atoms with van der Waals surface area (Å²) in [7, 11) is 0. The first-order valence-electron chi connectivity index (χ1n) is 9.09. The molecule has 142 valence electrons. The molecule has 3 aromatic carbocycles. The number of carbonyl (C=O) groups is 2. The molecule has 3 aromatic rings. The molecule has 0 spiro atoms. The molecule has 0 fully saturated rings. The van der Waals surface area contributed by atoms with Crippen molar-refractivity contribution in [3.63, 3.8) is 0 Å². The number of hydrogen-bond acceptors (Lipinski definition) is 3. The standard InChI is InChI=1S/C23H23N3O2/c1-16-7-11-20(12-8-16)25-21-5-3-4-6-22(21)26-23(28)15-18-9-13-19(14-10-18)24-17(2)27/h3-14,25H,15H2,1-2H3,(H,24,27)(H,26,28). The van der Waals surface area contributed by atoms with Crippen molar-refractivity contribution in [2.24, 2.45) is 0 Å². The van der Waals surface area contributed by atoms with E-state index in [4.69, 9.17) is 0 Å². The summed E-state index contributed by atoms with van der Waals surface area (Å²) in [6.45, 7) is 3.50. The summed E-state index contributed by atoms with van der Waals surface area (Å²) in [5.74, 6) is -0.228. The fraction of sp³-hybridized carbons (Fsp3) is 0.130. The second-order valence-corrected chi connectivity index (χ2v) is 6.64. The van der Waals surface area contributed by atoms with Crippen LogP contribution in [-0.4, -0.2) is 11.8 Å². The molecular weight excluding hydrogens is 350 g/mol. The van der Waals surface area contributed by atoms with E-state index in [1.807, 2.05) is 67.6 Å². The zero-order valence-electron chi connectivity index (χ0n) is 16.0. The molecule has 0 heterocycles. The highest BCUT2D eigenvalue weighted by Gasteiger charge is 2.08. The van der Waals surface area contributed by atoms with Gasteiger partial charge in [0.2, 0.25) is 11.8 Å². The smallest absolute Gasteiger partial charge is 0.228 e. The van der Waals surface area contributed by atoms with E-state index in [1.165, 1.54) is 12.5 Å². The molecule has 0 aliphatic rings. The van der Waals surface area contributed by atoms with Gasteiger partial charge >= 0.3 is 0 Å². The van der Waals surface area contributed by atoms with Crippen LogP contribution in [0, 0.1) is 6.92 Å². The Hall–Kier alpha value is -3.60. The van der Waals surface area contributed by atoms with Crippen molar-refractivity contribution in [1.29, 1.82) is 0 Å². The van der Waals surface area contributed by atoms with E-state index in [2.05, 4.69) is 16.0 Å². The summed E-state index contributed by atoms with van der Waals surface area (Å²) in [4.78, 5) is 23.6. The quantitative estimate of drug-likeness (QED) is 0.577. The highest BCUT2D eigenvalue weighted by atomic mass is 16.2. The van der Waals surface area contributed by atoms with Crippen molar-refractivity contribution in [2.75, 3.05) is 16.0 Å². The average Bonchev–Trinajstić information content (AvgIpc) is 2.66. The Labute approximate surface area is 164 Å². The first-order chi connectivity index (χ1) is 13.5. The van der Waals surface area contributed by atoms with Crippen molar-refractivity contribution in [3.8, 4) is 0 Å². The lowest BCUT2D eigenvalue weighted by Crippen LogP contribution is -2.15. The number of anilines is 4. The highest BCUT2D eigenvalue weighted by Crippen LogP contribution is 2.25. The SMILES string of the molecule is CC(=O)Nc1ccc(CC(=O)Nc2ccccc2Nc2ccc(C)cc2)cc1. The van der Waals surface area contributed by atoms with Gasteiger partial charge in [-0.1, -0.05) is 42.0 Å². The van der Waals surface area contributed by atoms with Gasteiger partial charge in [-0.25, -0.2) is 0 Å². The van der Waals surface area contributed by atoms with E-state index in [0.717, 1.165) is 22.6 Å². The molecule has 0 atom stereocenters. The lowest BCUT2D eigenvalue weighted by Gasteiger charge is -2.13. The molecule has 0 aliphatic carbocycles. The Morgan fingerprint density at radius 3 is 2.00 bits per heavy atom. The van der Waals surface area contributed by atoms with Crippen LogP contribution in [0.2, 0.25) is 0 Å². The van der Waals surface area contributed by atoms with Crippen molar-refractivity contribution < 1.29 is 9.59 Å². The predicted molar refractivity (Wildman–Crippen MR) is 114 cm³/mol. The van der Waals surface area contributed by atoms with E-state index < -0.39 is 0 Å². The van der Waals surface area contributed by atoms with Crippen molar-refractivity contribution >= 4 is 34.6 Å². The fourth-order valence-corrected chi connectivity index (χ4v) is 2.78. The molecular formula is C23H23N3O2. The fourth-order valence-electron chi connectivity index (χ4n) is 2.78. The molecule has 0 saturated carbocycles. The summed E-state index contributed by atoms with van der Waals surface area (Å²) in [5.41, 5.74) is 5.29. The van der Waals surface area contributed by atoms with E-state index in [-0.39, 0.29) is 18.2 Å². The van der Waals surface area contributed by atoms with Gasteiger partial charge in [-0.05, 0) is 48.9 Å². The van der Waals surface area contributed by atoms with Gasteiger partial charge in [-0.15, -0.1) is 0 Å². The number of rotatable bonds is 6. The van der Waals surface area contributed by atoms with Gasteiger partial charge in [0.05, 0.1) is 17.8 Å². The maximum atomic E-state index is 12.5. The normalized spacial score (nSPS) is 10.2. The Morgan fingerprint density at radius 1 is 0.750 bits per heavy atom. The monoisotopic (exact) mass is 373 g/mol. The molecule has 0 unspecified atom stereocenters. The number of hydrogen-bond donors (Lipinski definition) is 3. The number of aryl methyl sites for hydroxylation is 1. The minimum absolute atomic E-state index is 0.106. The van der Waals surface area contributed by atoms with Gasteiger partial charge in [-0.2, -0.15) is 0 Å². The van der Waals surface area contributed by atoms with Gasteiger partial charge in [0, 0.05) is 18.3 Å². The summed E-state index contributed by atoms with van der Waals surface area (Å²) >= 11 is 0. The molecule has 2 amide bonds. The molecule has 3 rings (SSSR count). The number of nitrogens with one attached hydrogen (secondary N) is 3. The van der Waals surface area contributed by atoms with Gasteiger partial charge < -0.3 is 16.0 Å². The van der Waals surface area contributed by atoms with Crippen LogP contribution in [0.25, 0.3) is 0 Å². The summed E-state index contributed by atoms with van der Waals surface area (Å²) in [5, 5.41) is 9.02. The zero-order valence-corrected chi connectivity index (χ0v) is 16.0. The van der Waals surface area contributed by atoms with E-state index in [1.54, 1.807) is 12.1 Å². The third kappa shape index (κ3) is 5.45. The molecule has 3 N–H and O–H groups in total.